The van der Waals surface area contributed by atoms with Gasteiger partial charge in [-0.3, -0.25) is 9.59 Å². The molecule has 1 heterocycles. The van der Waals surface area contributed by atoms with Crippen molar-refractivity contribution in [3.63, 3.8) is 0 Å². The van der Waals surface area contributed by atoms with Gasteiger partial charge < -0.3 is 16.0 Å². The molecule has 1 saturated heterocycles. The summed E-state index contributed by atoms with van der Waals surface area (Å²) >= 11 is 0. The molecular formula is C16H22FN3O2. The van der Waals surface area contributed by atoms with Crippen LogP contribution in [0.25, 0.3) is 0 Å². The summed E-state index contributed by atoms with van der Waals surface area (Å²) in [5.41, 5.74) is 6.48. The van der Waals surface area contributed by atoms with Crippen LogP contribution in [0.15, 0.2) is 18.2 Å². The van der Waals surface area contributed by atoms with Gasteiger partial charge in [0.2, 0.25) is 5.91 Å². The Kier molecular flexibility index (Phi) is 5.49. The number of nitrogens with zero attached hydrogens (tertiary/aromatic N) is 1. The fourth-order valence-corrected chi connectivity index (χ4v) is 2.75. The summed E-state index contributed by atoms with van der Waals surface area (Å²) in [6.45, 7) is 3.57. The smallest absolute Gasteiger partial charge is 0.254 e. The second-order valence-corrected chi connectivity index (χ2v) is 5.63. The van der Waals surface area contributed by atoms with Crippen LogP contribution in [-0.4, -0.2) is 42.9 Å². The number of benzene rings is 1. The SMILES string of the molecule is Cc1cc(F)ccc1C(=O)N1CCCC(C(=O)NCCN)C1. The summed E-state index contributed by atoms with van der Waals surface area (Å²) in [4.78, 5) is 26.3. The summed E-state index contributed by atoms with van der Waals surface area (Å²) in [7, 11) is 0. The maximum absolute atomic E-state index is 13.2. The predicted octanol–water partition coefficient (Wildman–Crippen LogP) is 1.06. The maximum atomic E-state index is 13.2. The Labute approximate surface area is 129 Å². The second kappa shape index (κ2) is 7.35. The van der Waals surface area contributed by atoms with E-state index in [2.05, 4.69) is 5.32 Å². The Bertz CT molecular complexity index is 562. The Morgan fingerprint density at radius 2 is 2.23 bits per heavy atom. The van der Waals surface area contributed by atoms with Gasteiger partial charge in [-0.1, -0.05) is 0 Å². The van der Waals surface area contributed by atoms with Gasteiger partial charge in [-0.05, 0) is 43.5 Å². The van der Waals surface area contributed by atoms with Crippen LogP contribution < -0.4 is 11.1 Å². The highest BCUT2D eigenvalue weighted by molar-refractivity contribution is 5.96. The number of rotatable bonds is 4. The molecule has 0 spiro atoms. The highest BCUT2D eigenvalue weighted by Crippen LogP contribution is 2.20. The number of hydrogen-bond donors (Lipinski definition) is 2. The van der Waals surface area contributed by atoms with Crippen molar-refractivity contribution in [3.05, 3.63) is 35.1 Å². The number of carbonyl (C=O) groups excluding carboxylic acids is 2. The number of piperidine rings is 1. The molecule has 1 aromatic carbocycles. The Balaban J connectivity index is 2.05. The zero-order chi connectivity index (χ0) is 16.1. The third-order valence-electron chi connectivity index (χ3n) is 3.94. The Morgan fingerprint density at radius 1 is 1.45 bits per heavy atom. The molecule has 1 aliphatic rings. The summed E-state index contributed by atoms with van der Waals surface area (Å²) in [6.07, 6.45) is 1.55. The van der Waals surface area contributed by atoms with Crippen LogP contribution in [0.5, 0.6) is 0 Å². The van der Waals surface area contributed by atoms with E-state index in [1.807, 2.05) is 0 Å². The Hall–Kier alpha value is -1.95. The van der Waals surface area contributed by atoms with Crippen LogP contribution in [0.3, 0.4) is 0 Å². The molecule has 120 valence electrons. The molecule has 1 aliphatic heterocycles. The zero-order valence-electron chi connectivity index (χ0n) is 12.8. The lowest BCUT2D eigenvalue weighted by Gasteiger charge is -2.32. The van der Waals surface area contributed by atoms with Gasteiger partial charge in [0.25, 0.3) is 5.91 Å². The molecular weight excluding hydrogens is 285 g/mol. The molecule has 2 amide bonds. The molecule has 0 bridgehead atoms. The third kappa shape index (κ3) is 3.82. The van der Waals surface area contributed by atoms with Crippen LogP contribution in [0, 0.1) is 18.7 Å². The quantitative estimate of drug-likeness (QED) is 0.873. The molecule has 6 heteroatoms. The molecule has 22 heavy (non-hydrogen) atoms. The number of amides is 2. The van der Waals surface area contributed by atoms with E-state index in [9.17, 15) is 14.0 Å². The molecule has 1 fully saturated rings. The number of carbonyl (C=O) groups is 2. The second-order valence-electron chi connectivity index (χ2n) is 5.63. The predicted molar refractivity (Wildman–Crippen MR) is 81.8 cm³/mol. The number of nitrogens with one attached hydrogen (secondary N) is 1. The van der Waals surface area contributed by atoms with E-state index in [1.165, 1.54) is 18.2 Å². The zero-order valence-corrected chi connectivity index (χ0v) is 12.8. The average molecular weight is 307 g/mol. The summed E-state index contributed by atoms with van der Waals surface area (Å²) in [5, 5.41) is 2.77. The van der Waals surface area contributed by atoms with Crippen LogP contribution >= 0.6 is 0 Å². The van der Waals surface area contributed by atoms with E-state index in [-0.39, 0.29) is 23.5 Å². The lowest BCUT2D eigenvalue weighted by Crippen LogP contribution is -2.46. The topological polar surface area (TPSA) is 75.4 Å². The van der Waals surface area contributed by atoms with E-state index in [1.54, 1.807) is 11.8 Å². The van der Waals surface area contributed by atoms with Crippen molar-refractivity contribution in [1.29, 1.82) is 0 Å². The van der Waals surface area contributed by atoms with E-state index in [0.717, 1.165) is 12.8 Å². The minimum atomic E-state index is -0.355. The van der Waals surface area contributed by atoms with Gasteiger partial charge in [0.15, 0.2) is 0 Å². The lowest BCUT2D eigenvalue weighted by atomic mass is 9.96. The first-order chi connectivity index (χ1) is 10.5. The highest BCUT2D eigenvalue weighted by atomic mass is 19.1. The summed E-state index contributed by atoms with van der Waals surface area (Å²) in [6, 6.07) is 4.14. The van der Waals surface area contributed by atoms with Crippen molar-refractivity contribution in [2.45, 2.75) is 19.8 Å². The molecule has 1 atom stereocenters. The monoisotopic (exact) mass is 307 g/mol. The molecule has 1 aromatic rings. The molecule has 0 saturated carbocycles. The highest BCUT2D eigenvalue weighted by Gasteiger charge is 2.29. The molecule has 0 radical (unpaired) electrons. The number of halogens is 1. The van der Waals surface area contributed by atoms with Crippen LogP contribution in [0.1, 0.15) is 28.8 Å². The van der Waals surface area contributed by atoms with Crippen LogP contribution in [-0.2, 0) is 4.79 Å². The van der Waals surface area contributed by atoms with Crippen molar-refractivity contribution in [2.75, 3.05) is 26.2 Å². The molecule has 1 unspecified atom stereocenters. The van der Waals surface area contributed by atoms with Gasteiger partial charge in [-0.15, -0.1) is 0 Å². The van der Waals surface area contributed by atoms with Crippen LogP contribution in [0.4, 0.5) is 4.39 Å². The standard InChI is InChI=1S/C16H22FN3O2/c1-11-9-13(17)4-5-14(11)16(22)20-8-2-3-12(10-20)15(21)19-7-6-18/h4-5,9,12H,2-3,6-8,10,18H2,1H3,(H,19,21). The van der Waals surface area contributed by atoms with Crippen molar-refractivity contribution in [2.24, 2.45) is 11.7 Å². The van der Waals surface area contributed by atoms with Crippen LogP contribution in [0.2, 0.25) is 0 Å². The molecule has 0 aliphatic carbocycles. The number of likely N-dealkylation sites (tertiary alicyclic amines) is 1. The first-order valence-electron chi connectivity index (χ1n) is 7.56. The first-order valence-corrected chi connectivity index (χ1v) is 7.56. The van der Waals surface area contributed by atoms with Gasteiger partial charge >= 0.3 is 0 Å². The van der Waals surface area contributed by atoms with Gasteiger partial charge in [-0.25, -0.2) is 4.39 Å². The minimum Gasteiger partial charge on any atom is -0.355 e. The fraction of sp³-hybridized carbons (Fsp3) is 0.500. The van der Waals surface area contributed by atoms with Gasteiger partial charge in [0.1, 0.15) is 5.82 Å². The number of nitrogens with two attached hydrogens (primary N) is 1. The largest absolute Gasteiger partial charge is 0.355 e. The van der Waals surface area contributed by atoms with Crippen molar-refractivity contribution in [1.82, 2.24) is 10.2 Å². The molecule has 3 N–H and O–H groups in total. The van der Waals surface area contributed by atoms with Crippen molar-refractivity contribution in [3.8, 4) is 0 Å². The van der Waals surface area contributed by atoms with Crippen molar-refractivity contribution < 1.29 is 14.0 Å². The molecule has 5 nitrogen and oxygen atoms in total. The van der Waals surface area contributed by atoms with E-state index in [0.29, 0.717) is 37.3 Å². The molecule has 0 aromatic heterocycles. The summed E-state index contributed by atoms with van der Waals surface area (Å²) in [5.74, 6) is -0.760. The van der Waals surface area contributed by atoms with Gasteiger partial charge in [0, 0.05) is 31.7 Å². The normalized spacial score (nSPS) is 18.1. The first kappa shape index (κ1) is 16.4. The maximum Gasteiger partial charge on any atom is 0.254 e. The van der Waals surface area contributed by atoms with E-state index < -0.39 is 0 Å². The van der Waals surface area contributed by atoms with Gasteiger partial charge in [0.05, 0.1) is 5.92 Å². The average Bonchev–Trinajstić information content (AvgIpc) is 2.52. The number of aryl methyl sites for hydroxylation is 1. The minimum absolute atomic E-state index is 0.0567. The van der Waals surface area contributed by atoms with Gasteiger partial charge in [-0.2, -0.15) is 0 Å². The Morgan fingerprint density at radius 3 is 2.91 bits per heavy atom. The summed E-state index contributed by atoms with van der Waals surface area (Å²) < 4.78 is 13.2. The van der Waals surface area contributed by atoms with E-state index in [4.69, 9.17) is 5.73 Å². The number of hydrogen-bond acceptors (Lipinski definition) is 3. The third-order valence-corrected chi connectivity index (χ3v) is 3.94. The van der Waals surface area contributed by atoms with E-state index >= 15 is 0 Å². The fourth-order valence-electron chi connectivity index (χ4n) is 2.75. The molecule has 2 rings (SSSR count). The lowest BCUT2D eigenvalue weighted by molar-refractivity contribution is -0.126. The van der Waals surface area contributed by atoms with Crippen molar-refractivity contribution >= 4 is 11.8 Å².